The van der Waals surface area contributed by atoms with Crippen molar-refractivity contribution in [3.8, 4) is 5.69 Å². The lowest BCUT2D eigenvalue weighted by Gasteiger charge is -2.18. The van der Waals surface area contributed by atoms with Gasteiger partial charge in [0.15, 0.2) is 0 Å². The lowest BCUT2D eigenvalue weighted by atomic mass is 10.0. The van der Waals surface area contributed by atoms with E-state index in [1.807, 2.05) is 26.0 Å². The molecule has 7 nitrogen and oxygen atoms in total. The highest BCUT2D eigenvalue weighted by molar-refractivity contribution is 7.93. The zero-order valence-corrected chi connectivity index (χ0v) is 18.8. The number of carbonyl (C=O) groups excluding carboxylic acids is 1. The van der Waals surface area contributed by atoms with Gasteiger partial charge in [-0.05, 0) is 48.7 Å². The van der Waals surface area contributed by atoms with Crippen molar-refractivity contribution < 1.29 is 13.2 Å². The average Bonchev–Trinajstić information content (AvgIpc) is 3.31. The summed E-state index contributed by atoms with van der Waals surface area (Å²) in [6.07, 6.45) is 2.14. The molecule has 1 saturated heterocycles. The normalized spacial score (nSPS) is 15.4. The fourth-order valence-corrected chi connectivity index (χ4v) is 5.51. The number of nitrogens with zero attached hydrogens (tertiary/aromatic N) is 3. The zero-order chi connectivity index (χ0) is 22.2. The second kappa shape index (κ2) is 8.36. The second-order valence-corrected chi connectivity index (χ2v) is 10.2. The second-order valence-electron chi connectivity index (χ2n) is 7.74. The quantitative estimate of drug-likeness (QED) is 0.612. The van der Waals surface area contributed by atoms with Crippen LogP contribution in [0.3, 0.4) is 0 Å². The van der Waals surface area contributed by atoms with Gasteiger partial charge in [-0.25, -0.2) is 13.1 Å². The van der Waals surface area contributed by atoms with Gasteiger partial charge in [-0.2, -0.15) is 5.10 Å². The summed E-state index contributed by atoms with van der Waals surface area (Å²) >= 11 is 6.12. The number of aromatic nitrogens is 2. The summed E-state index contributed by atoms with van der Waals surface area (Å²) in [4.78, 5) is 13.1. The lowest BCUT2D eigenvalue weighted by molar-refractivity contribution is 0.102. The molecule has 0 aliphatic carbocycles. The Morgan fingerprint density at radius 3 is 2.55 bits per heavy atom. The number of benzene rings is 2. The molecule has 9 heteroatoms. The molecule has 0 unspecified atom stereocenters. The van der Waals surface area contributed by atoms with Crippen LogP contribution >= 0.6 is 11.6 Å². The lowest BCUT2D eigenvalue weighted by Crippen LogP contribution is -2.25. The number of rotatable bonds is 5. The average molecular weight is 459 g/mol. The first-order valence-electron chi connectivity index (χ1n) is 10.0. The van der Waals surface area contributed by atoms with Gasteiger partial charge in [-0.3, -0.25) is 9.10 Å². The van der Waals surface area contributed by atoms with Gasteiger partial charge in [-0.15, -0.1) is 0 Å². The van der Waals surface area contributed by atoms with E-state index in [1.54, 1.807) is 47.3 Å². The first-order valence-corrected chi connectivity index (χ1v) is 12.0. The van der Waals surface area contributed by atoms with Gasteiger partial charge in [0, 0.05) is 17.3 Å². The predicted molar refractivity (Wildman–Crippen MR) is 123 cm³/mol. The monoisotopic (exact) mass is 458 g/mol. The van der Waals surface area contributed by atoms with Crippen molar-refractivity contribution in [2.75, 3.05) is 21.9 Å². The van der Waals surface area contributed by atoms with Crippen molar-refractivity contribution in [1.29, 1.82) is 0 Å². The van der Waals surface area contributed by atoms with Gasteiger partial charge in [0.05, 0.1) is 34.6 Å². The minimum atomic E-state index is -3.29. The minimum absolute atomic E-state index is 0.0308. The van der Waals surface area contributed by atoms with E-state index in [1.165, 1.54) is 4.31 Å². The highest BCUT2D eigenvalue weighted by Crippen LogP contribution is 2.28. The van der Waals surface area contributed by atoms with Crippen LogP contribution < -0.4 is 9.62 Å². The van der Waals surface area contributed by atoms with Gasteiger partial charge in [0.1, 0.15) is 0 Å². The summed E-state index contributed by atoms with van der Waals surface area (Å²) in [6, 6.07) is 14.2. The molecule has 1 amide bonds. The molecule has 3 aromatic rings. The van der Waals surface area contributed by atoms with Crippen LogP contribution in [-0.2, 0) is 10.0 Å². The van der Waals surface area contributed by atoms with E-state index < -0.39 is 10.0 Å². The number of sulfonamides is 1. The number of halogens is 1. The molecule has 0 atom stereocenters. The summed E-state index contributed by atoms with van der Waals surface area (Å²) in [6.45, 7) is 4.44. The summed E-state index contributed by atoms with van der Waals surface area (Å²) in [7, 11) is -3.29. The molecule has 1 aliphatic heterocycles. The molecule has 162 valence electrons. The summed E-state index contributed by atoms with van der Waals surface area (Å²) in [5, 5.41) is 7.89. The standard InChI is InChI=1S/C22H23ClN4O3S/c1-15(2)21-20(14-24-27(21)19-9-3-6-16(23)12-19)22(28)25-17-7-4-8-18(13-17)26-10-5-11-31(26,29)30/h3-4,6-9,12-15H,5,10-11H2,1-2H3,(H,25,28). The first kappa shape index (κ1) is 21.4. The Morgan fingerprint density at radius 1 is 1.13 bits per heavy atom. The van der Waals surface area contributed by atoms with E-state index in [9.17, 15) is 13.2 Å². The molecular formula is C22H23ClN4O3S. The van der Waals surface area contributed by atoms with E-state index >= 15 is 0 Å². The Hall–Kier alpha value is -2.84. The topological polar surface area (TPSA) is 84.3 Å². The molecule has 1 fully saturated rings. The Labute approximate surface area is 186 Å². The Balaban J connectivity index is 1.63. The van der Waals surface area contributed by atoms with Crippen LogP contribution in [0.1, 0.15) is 42.2 Å². The van der Waals surface area contributed by atoms with E-state index in [0.29, 0.717) is 34.9 Å². The maximum absolute atomic E-state index is 13.1. The van der Waals surface area contributed by atoms with Crippen LogP contribution in [0.5, 0.6) is 0 Å². The molecule has 1 N–H and O–H groups in total. The van der Waals surface area contributed by atoms with Gasteiger partial charge in [-0.1, -0.05) is 37.6 Å². The van der Waals surface area contributed by atoms with Crippen LogP contribution in [0.4, 0.5) is 11.4 Å². The summed E-state index contributed by atoms with van der Waals surface area (Å²) < 4.78 is 27.5. The van der Waals surface area contributed by atoms with Crippen LogP contribution in [-0.4, -0.2) is 36.4 Å². The fourth-order valence-electron chi connectivity index (χ4n) is 3.77. The SMILES string of the molecule is CC(C)c1c(C(=O)Nc2cccc(N3CCCS3(=O)=O)c2)cnn1-c1cccc(Cl)c1. The smallest absolute Gasteiger partial charge is 0.259 e. The molecule has 0 saturated carbocycles. The number of nitrogens with one attached hydrogen (secondary N) is 1. The Morgan fingerprint density at radius 2 is 1.87 bits per heavy atom. The zero-order valence-electron chi connectivity index (χ0n) is 17.2. The van der Waals surface area contributed by atoms with E-state index in [-0.39, 0.29) is 17.6 Å². The van der Waals surface area contributed by atoms with Crippen molar-refractivity contribution in [2.24, 2.45) is 0 Å². The molecule has 0 bridgehead atoms. The van der Waals surface area contributed by atoms with E-state index in [0.717, 1.165) is 11.4 Å². The molecule has 4 rings (SSSR count). The summed E-state index contributed by atoms with van der Waals surface area (Å²) in [5.41, 5.74) is 3.06. The fraction of sp³-hybridized carbons (Fsp3) is 0.273. The van der Waals surface area contributed by atoms with Gasteiger partial charge in [0.2, 0.25) is 10.0 Å². The number of amides is 1. The molecule has 31 heavy (non-hydrogen) atoms. The van der Waals surface area contributed by atoms with Gasteiger partial charge < -0.3 is 5.32 Å². The van der Waals surface area contributed by atoms with Crippen molar-refractivity contribution in [3.63, 3.8) is 0 Å². The van der Waals surface area contributed by atoms with Crippen molar-refractivity contribution in [2.45, 2.75) is 26.2 Å². The number of hydrogen-bond donors (Lipinski definition) is 1. The van der Waals surface area contributed by atoms with Crippen LogP contribution in [0.25, 0.3) is 5.69 Å². The van der Waals surface area contributed by atoms with Gasteiger partial charge >= 0.3 is 0 Å². The molecule has 2 heterocycles. The molecular weight excluding hydrogens is 436 g/mol. The van der Waals surface area contributed by atoms with Gasteiger partial charge in [0.25, 0.3) is 5.91 Å². The highest BCUT2D eigenvalue weighted by Gasteiger charge is 2.28. The first-order chi connectivity index (χ1) is 14.8. The number of carbonyl (C=O) groups is 1. The maximum atomic E-state index is 13.1. The van der Waals surface area contributed by atoms with Crippen LogP contribution in [0.15, 0.2) is 54.7 Å². The van der Waals surface area contributed by atoms with E-state index in [2.05, 4.69) is 10.4 Å². The van der Waals surface area contributed by atoms with Crippen molar-refractivity contribution in [1.82, 2.24) is 9.78 Å². The number of anilines is 2. The largest absolute Gasteiger partial charge is 0.322 e. The third kappa shape index (κ3) is 4.31. The predicted octanol–water partition coefficient (Wildman–Crippen LogP) is 4.44. The summed E-state index contributed by atoms with van der Waals surface area (Å²) in [5.74, 6) is -0.133. The van der Waals surface area contributed by atoms with Crippen LogP contribution in [0, 0.1) is 0 Å². The van der Waals surface area contributed by atoms with E-state index in [4.69, 9.17) is 11.6 Å². The number of hydrogen-bond acceptors (Lipinski definition) is 4. The van der Waals surface area contributed by atoms with Crippen molar-refractivity contribution >= 4 is 38.9 Å². The minimum Gasteiger partial charge on any atom is -0.322 e. The third-order valence-electron chi connectivity index (χ3n) is 5.14. The molecule has 0 spiro atoms. The third-order valence-corrected chi connectivity index (χ3v) is 7.25. The molecule has 1 aliphatic rings. The molecule has 1 aromatic heterocycles. The van der Waals surface area contributed by atoms with Crippen molar-refractivity contribution in [3.05, 3.63) is 71.0 Å². The molecule has 0 radical (unpaired) electrons. The highest BCUT2D eigenvalue weighted by atomic mass is 35.5. The molecule has 2 aromatic carbocycles. The Bertz CT molecular complexity index is 1240. The Kier molecular flexibility index (Phi) is 5.77. The maximum Gasteiger partial charge on any atom is 0.259 e. The van der Waals surface area contributed by atoms with Crippen LogP contribution in [0.2, 0.25) is 5.02 Å².